The molecule has 0 aromatic carbocycles. The topological polar surface area (TPSA) is 36.4 Å². The number of carbonyl (C=O) groups excluding carboxylic acids is 1. The number of carbonyl (C=O) groups is 1. The molecule has 4 heteroatoms. The molecule has 1 aliphatic rings. The first kappa shape index (κ1) is 11.9. The van der Waals surface area contributed by atoms with Crippen LogP contribution >= 0.6 is 0 Å². The van der Waals surface area contributed by atoms with Gasteiger partial charge in [-0.1, -0.05) is 6.07 Å². The highest BCUT2D eigenvalue weighted by molar-refractivity contribution is 5.92. The van der Waals surface area contributed by atoms with Gasteiger partial charge < -0.3 is 4.90 Å². The fourth-order valence-electron chi connectivity index (χ4n) is 1.92. The third-order valence-electron chi connectivity index (χ3n) is 3.55. The molecule has 1 aliphatic heterocycles. The van der Waals surface area contributed by atoms with E-state index in [1.54, 1.807) is 16.0 Å². The molecule has 92 valence electrons. The molecular weight excluding hydrogens is 214 g/mol. The van der Waals surface area contributed by atoms with Gasteiger partial charge in [0.05, 0.1) is 0 Å². The third-order valence-corrected chi connectivity index (χ3v) is 3.55. The van der Waals surface area contributed by atoms with E-state index in [0.717, 1.165) is 24.3 Å². The van der Waals surface area contributed by atoms with Crippen LogP contribution in [0.3, 0.4) is 0 Å². The summed E-state index contributed by atoms with van der Waals surface area (Å²) in [5.74, 6) is 0.739. The van der Waals surface area contributed by atoms with Crippen LogP contribution < -0.4 is 4.90 Å². The number of urea groups is 1. The summed E-state index contributed by atoms with van der Waals surface area (Å²) in [5.41, 5.74) is 1.03. The molecule has 1 aromatic heterocycles. The molecule has 17 heavy (non-hydrogen) atoms. The van der Waals surface area contributed by atoms with Gasteiger partial charge in [-0.15, -0.1) is 0 Å². The van der Waals surface area contributed by atoms with Crippen LogP contribution in [0.5, 0.6) is 0 Å². The van der Waals surface area contributed by atoms with Gasteiger partial charge in [-0.2, -0.15) is 0 Å². The minimum absolute atomic E-state index is 0.0256. The molecule has 0 unspecified atom stereocenters. The molecule has 2 amide bonds. The summed E-state index contributed by atoms with van der Waals surface area (Å²) < 4.78 is 0. The van der Waals surface area contributed by atoms with Gasteiger partial charge in [-0.05, 0) is 38.8 Å². The minimum Gasteiger partial charge on any atom is -0.322 e. The quantitative estimate of drug-likeness (QED) is 0.747. The number of pyridine rings is 1. The monoisotopic (exact) mass is 233 g/mol. The first-order valence-electron chi connectivity index (χ1n) is 5.90. The van der Waals surface area contributed by atoms with Gasteiger partial charge >= 0.3 is 6.03 Å². The maximum atomic E-state index is 12.2. The second-order valence-electron chi connectivity index (χ2n) is 5.25. The Labute approximate surface area is 102 Å². The number of hydrogen-bond acceptors (Lipinski definition) is 2. The average molecular weight is 233 g/mol. The van der Waals surface area contributed by atoms with Gasteiger partial charge in [-0.3, -0.25) is 4.90 Å². The second kappa shape index (κ2) is 4.02. The minimum atomic E-state index is -0.0712. The molecule has 0 radical (unpaired) electrons. The van der Waals surface area contributed by atoms with Crippen molar-refractivity contribution in [1.29, 1.82) is 0 Å². The molecule has 0 atom stereocenters. The fourth-order valence-corrected chi connectivity index (χ4v) is 1.92. The van der Waals surface area contributed by atoms with Gasteiger partial charge in [0.25, 0.3) is 0 Å². The van der Waals surface area contributed by atoms with Gasteiger partial charge in [-0.25, -0.2) is 9.78 Å². The average Bonchev–Trinajstić information content (AvgIpc) is 2.28. The molecule has 0 aliphatic carbocycles. The molecule has 1 aromatic rings. The lowest BCUT2D eigenvalue weighted by molar-refractivity contribution is 0.140. The van der Waals surface area contributed by atoms with E-state index in [1.807, 2.05) is 26.1 Å². The first-order chi connectivity index (χ1) is 7.92. The molecule has 0 bridgehead atoms. The first-order valence-corrected chi connectivity index (χ1v) is 5.90. The lowest BCUT2D eigenvalue weighted by Gasteiger charge is -2.44. The van der Waals surface area contributed by atoms with Gasteiger partial charge in [0, 0.05) is 25.3 Å². The molecule has 2 heterocycles. The number of rotatable bonds is 1. The van der Waals surface area contributed by atoms with Crippen molar-refractivity contribution >= 4 is 11.8 Å². The predicted octanol–water partition coefficient (Wildman–Crippen LogP) is 2.43. The number of amides is 2. The van der Waals surface area contributed by atoms with Crippen LogP contribution in [-0.4, -0.2) is 35.0 Å². The number of hydrogen-bond donors (Lipinski definition) is 0. The van der Waals surface area contributed by atoms with Crippen molar-refractivity contribution in [3.63, 3.8) is 0 Å². The summed E-state index contributed by atoms with van der Waals surface area (Å²) >= 11 is 0. The van der Waals surface area contributed by atoms with Crippen molar-refractivity contribution in [3.05, 3.63) is 23.9 Å². The fraction of sp³-hybridized carbons (Fsp3) is 0.538. The van der Waals surface area contributed by atoms with Crippen molar-refractivity contribution in [2.45, 2.75) is 32.7 Å². The van der Waals surface area contributed by atoms with Crippen LogP contribution in [0.15, 0.2) is 18.3 Å². The second-order valence-corrected chi connectivity index (χ2v) is 5.25. The highest BCUT2D eigenvalue weighted by Crippen LogP contribution is 2.27. The lowest BCUT2D eigenvalue weighted by Crippen LogP contribution is -2.57. The summed E-state index contributed by atoms with van der Waals surface area (Å²) in [4.78, 5) is 20.1. The van der Waals surface area contributed by atoms with Crippen LogP contribution in [0.25, 0.3) is 0 Å². The lowest BCUT2D eigenvalue weighted by atomic mass is 9.96. The molecule has 0 spiro atoms. The number of anilines is 1. The molecule has 0 saturated carbocycles. The highest BCUT2D eigenvalue weighted by atomic mass is 16.2. The summed E-state index contributed by atoms with van der Waals surface area (Å²) in [6, 6.07) is 3.91. The molecule has 1 saturated heterocycles. The van der Waals surface area contributed by atoms with Crippen molar-refractivity contribution in [2.24, 2.45) is 0 Å². The predicted molar refractivity (Wildman–Crippen MR) is 68.2 cm³/mol. The van der Waals surface area contributed by atoms with Crippen molar-refractivity contribution in [1.82, 2.24) is 9.88 Å². The zero-order valence-electron chi connectivity index (χ0n) is 10.9. The summed E-state index contributed by atoms with van der Waals surface area (Å²) in [6.07, 6.45) is 2.74. The van der Waals surface area contributed by atoms with E-state index in [9.17, 15) is 4.79 Å². The molecule has 1 fully saturated rings. The Bertz CT molecular complexity index is 425. The van der Waals surface area contributed by atoms with Crippen LogP contribution in [0.4, 0.5) is 10.6 Å². The van der Waals surface area contributed by atoms with Crippen LogP contribution in [0.2, 0.25) is 0 Å². The molecule has 2 rings (SSSR count). The summed E-state index contributed by atoms with van der Waals surface area (Å²) in [7, 11) is 1.85. The van der Waals surface area contributed by atoms with E-state index >= 15 is 0 Å². The Hall–Kier alpha value is -1.58. The Morgan fingerprint density at radius 3 is 2.65 bits per heavy atom. The van der Waals surface area contributed by atoms with Crippen LogP contribution in [-0.2, 0) is 0 Å². The van der Waals surface area contributed by atoms with E-state index in [-0.39, 0.29) is 11.6 Å². The van der Waals surface area contributed by atoms with Gasteiger partial charge in [0.15, 0.2) is 0 Å². The van der Waals surface area contributed by atoms with E-state index in [4.69, 9.17) is 0 Å². The zero-order chi connectivity index (χ0) is 12.6. The maximum Gasteiger partial charge on any atom is 0.325 e. The highest BCUT2D eigenvalue weighted by Gasteiger charge is 2.37. The standard InChI is InChI=1S/C13H19N3O/c1-10-5-6-11(14-9-10)16-8-7-13(2,3)15(4)12(16)17/h5-6,9H,7-8H2,1-4H3. The SMILES string of the molecule is Cc1ccc(N2CCC(C)(C)N(C)C2=O)nc1. The molecule has 0 N–H and O–H groups in total. The van der Waals surface area contributed by atoms with Crippen LogP contribution in [0, 0.1) is 6.92 Å². The largest absolute Gasteiger partial charge is 0.325 e. The Morgan fingerprint density at radius 1 is 1.35 bits per heavy atom. The third kappa shape index (κ3) is 2.12. The van der Waals surface area contributed by atoms with E-state index in [1.165, 1.54) is 0 Å². The Balaban J connectivity index is 2.24. The maximum absolute atomic E-state index is 12.2. The van der Waals surface area contributed by atoms with E-state index in [0.29, 0.717) is 0 Å². The normalized spacial score (nSPS) is 19.6. The van der Waals surface area contributed by atoms with Crippen molar-refractivity contribution in [2.75, 3.05) is 18.5 Å². The van der Waals surface area contributed by atoms with Crippen molar-refractivity contribution in [3.8, 4) is 0 Å². The Kier molecular flexibility index (Phi) is 2.81. The summed E-state index contributed by atoms with van der Waals surface area (Å²) in [6.45, 7) is 6.89. The number of aromatic nitrogens is 1. The molecular formula is C13H19N3O. The number of aryl methyl sites for hydroxylation is 1. The Morgan fingerprint density at radius 2 is 2.06 bits per heavy atom. The van der Waals surface area contributed by atoms with Crippen molar-refractivity contribution < 1.29 is 4.79 Å². The van der Waals surface area contributed by atoms with E-state index in [2.05, 4.69) is 18.8 Å². The summed E-state index contributed by atoms with van der Waals surface area (Å²) in [5, 5.41) is 0. The van der Waals surface area contributed by atoms with Gasteiger partial charge in [0.2, 0.25) is 0 Å². The zero-order valence-corrected chi connectivity index (χ0v) is 10.9. The smallest absolute Gasteiger partial charge is 0.322 e. The van der Waals surface area contributed by atoms with E-state index < -0.39 is 0 Å². The van der Waals surface area contributed by atoms with Crippen LogP contribution in [0.1, 0.15) is 25.8 Å². The number of nitrogens with zero attached hydrogens (tertiary/aromatic N) is 3. The van der Waals surface area contributed by atoms with Gasteiger partial charge in [0.1, 0.15) is 5.82 Å². The molecule has 4 nitrogen and oxygen atoms in total.